The number of aliphatic imine (C=N–C) groups is 1. The largest absolute Gasteiger partial charge is 0.573 e. The molecule has 1 aliphatic rings. The zero-order valence-corrected chi connectivity index (χ0v) is 15.6. The lowest BCUT2D eigenvalue weighted by Crippen LogP contribution is -2.16. The molecule has 2 nitrogen and oxygen atoms in total. The Morgan fingerprint density at radius 2 is 1.50 bits per heavy atom. The molecule has 0 unspecified atom stereocenters. The van der Waals surface area contributed by atoms with E-state index in [1.807, 2.05) is 24.3 Å². The fourth-order valence-electron chi connectivity index (χ4n) is 3.67. The van der Waals surface area contributed by atoms with E-state index in [9.17, 15) is 22.0 Å². The van der Waals surface area contributed by atoms with Crippen LogP contribution in [0.5, 0.6) is 5.75 Å². The second kappa shape index (κ2) is 7.89. The SMILES string of the molecule is Fc1cccc(F)c1C1=N[C@@H](c2ccccc2-c2ccc(OC(F)(F)F)cc2)CC1. The van der Waals surface area contributed by atoms with Gasteiger partial charge in [-0.25, -0.2) is 8.78 Å². The smallest absolute Gasteiger partial charge is 0.406 e. The molecule has 0 bridgehead atoms. The maximum Gasteiger partial charge on any atom is 0.573 e. The molecule has 0 saturated carbocycles. The summed E-state index contributed by atoms with van der Waals surface area (Å²) >= 11 is 0. The Balaban J connectivity index is 1.65. The number of hydrogen-bond acceptors (Lipinski definition) is 2. The van der Waals surface area contributed by atoms with E-state index in [0.29, 0.717) is 24.1 Å². The number of alkyl halides is 3. The molecule has 30 heavy (non-hydrogen) atoms. The summed E-state index contributed by atoms with van der Waals surface area (Å²) in [6.07, 6.45) is -3.75. The summed E-state index contributed by atoms with van der Waals surface area (Å²) in [7, 11) is 0. The van der Waals surface area contributed by atoms with E-state index in [-0.39, 0.29) is 17.4 Å². The maximum absolute atomic E-state index is 14.1. The van der Waals surface area contributed by atoms with Gasteiger partial charge >= 0.3 is 6.36 Å². The maximum atomic E-state index is 14.1. The van der Waals surface area contributed by atoms with Crippen molar-refractivity contribution in [1.29, 1.82) is 0 Å². The van der Waals surface area contributed by atoms with Gasteiger partial charge in [-0.15, -0.1) is 13.2 Å². The summed E-state index contributed by atoms with van der Waals surface area (Å²) in [4.78, 5) is 4.57. The topological polar surface area (TPSA) is 21.6 Å². The van der Waals surface area contributed by atoms with Crippen LogP contribution in [0.25, 0.3) is 11.1 Å². The van der Waals surface area contributed by atoms with Gasteiger partial charge in [0.25, 0.3) is 0 Å². The monoisotopic (exact) mass is 417 g/mol. The molecule has 154 valence electrons. The second-order valence-electron chi connectivity index (χ2n) is 6.89. The third-order valence-corrected chi connectivity index (χ3v) is 4.94. The van der Waals surface area contributed by atoms with Gasteiger partial charge in [0, 0.05) is 5.71 Å². The van der Waals surface area contributed by atoms with Gasteiger partial charge in [0.05, 0.1) is 11.6 Å². The molecule has 0 spiro atoms. The van der Waals surface area contributed by atoms with E-state index in [0.717, 1.165) is 11.1 Å². The normalized spacial score (nSPS) is 16.4. The Hall–Kier alpha value is -3.22. The first-order valence-corrected chi connectivity index (χ1v) is 9.28. The van der Waals surface area contributed by atoms with E-state index >= 15 is 0 Å². The fraction of sp³-hybridized carbons (Fsp3) is 0.174. The van der Waals surface area contributed by atoms with E-state index in [1.54, 1.807) is 0 Å². The van der Waals surface area contributed by atoms with Gasteiger partial charge in [-0.3, -0.25) is 4.99 Å². The molecule has 1 atom stereocenters. The Bertz CT molecular complexity index is 1070. The quantitative estimate of drug-likeness (QED) is 0.425. The van der Waals surface area contributed by atoms with E-state index in [1.165, 1.54) is 42.5 Å². The summed E-state index contributed by atoms with van der Waals surface area (Å²) in [6.45, 7) is 0. The molecule has 7 heteroatoms. The van der Waals surface area contributed by atoms with Crippen molar-refractivity contribution in [1.82, 2.24) is 0 Å². The molecule has 0 radical (unpaired) electrons. The van der Waals surface area contributed by atoms with Crippen LogP contribution in [0.3, 0.4) is 0 Å². The molecule has 0 aliphatic carbocycles. The minimum Gasteiger partial charge on any atom is -0.406 e. The van der Waals surface area contributed by atoms with Gasteiger partial charge in [-0.05, 0) is 53.8 Å². The lowest BCUT2D eigenvalue weighted by Gasteiger charge is -2.14. The third kappa shape index (κ3) is 4.20. The standard InChI is InChI=1S/C23H16F5NO/c24-18-6-3-7-19(25)22(18)21-13-12-20(29-21)17-5-2-1-4-16(17)14-8-10-15(11-9-14)30-23(26,27)28/h1-11,20H,12-13H2/t20-/m1/s1. The zero-order chi connectivity index (χ0) is 21.3. The summed E-state index contributed by atoms with van der Waals surface area (Å²) in [5, 5.41) is 0. The predicted molar refractivity (Wildman–Crippen MR) is 103 cm³/mol. The highest BCUT2D eigenvalue weighted by Gasteiger charge is 2.31. The van der Waals surface area contributed by atoms with Crippen LogP contribution in [0.4, 0.5) is 22.0 Å². The van der Waals surface area contributed by atoms with Crippen LogP contribution in [0, 0.1) is 11.6 Å². The average molecular weight is 417 g/mol. The van der Waals surface area contributed by atoms with Gasteiger partial charge < -0.3 is 4.74 Å². The van der Waals surface area contributed by atoms with Crippen LogP contribution >= 0.6 is 0 Å². The van der Waals surface area contributed by atoms with Crippen LogP contribution in [-0.2, 0) is 0 Å². The van der Waals surface area contributed by atoms with Crippen LogP contribution in [0.2, 0.25) is 0 Å². The Kier molecular flexibility index (Phi) is 5.28. The van der Waals surface area contributed by atoms with Crippen molar-refractivity contribution in [2.24, 2.45) is 4.99 Å². The van der Waals surface area contributed by atoms with Gasteiger partial charge in [0.2, 0.25) is 0 Å². The van der Waals surface area contributed by atoms with Crippen molar-refractivity contribution in [3.8, 4) is 16.9 Å². The van der Waals surface area contributed by atoms with Crippen LogP contribution < -0.4 is 4.74 Å². The number of nitrogens with zero attached hydrogens (tertiary/aromatic N) is 1. The summed E-state index contributed by atoms with van der Waals surface area (Å²) < 4.78 is 69.3. The summed E-state index contributed by atoms with van der Waals surface area (Å²) in [6, 6.07) is 16.3. The molecule has 0 amide bonds. The van der Waals surface area contributed by atoms with E-state index < -0.39 is 18.0 Å². The van der Waals surface area contributed by atoms with E-state index in [2.05, 4.69) is 9.73 Å². The van der Waals surface area contributed by atoms with Crippen molar-refractivity contribution in [3.05, 3.63) is 89.5 Å². The first kappa shape index (κ1) is 20.1. The Morgan fingerprint density at radius 1 is 0.833 bits per heavy atom. The summed E-state index contributed by atoms with van der Waals surface area (Å²) in [5.41, 5.74) is 2.60. The van der Waals surface area contributed by atoms with Gasteiger partial charge in [-0.2, -0.15) is 0 Å². The molecule has 0 fully saturated rings. The van der Waals surface area contributed by atoms with Crippen LogP contribution in [0.15, 0.2) is 71.7 Å². The van der Waals surface area contributed by atoms with Gasteiger partial charge in [0.1, 0.15) is 17.4 Å². The molecule has 0 N–H and O–H groups in total. The predicted octanol–water partition coefficient (Wildman–Crippen LogP) is 6.85. The third-order valence-electron chi connectivity index (χ3n) is 4.94. The van der Waals surface area contributed by atoms with E-state index in [4.69, 9.17) is 0 Å². The molecule has 1 heterocycles. The minimum atomic E-state index is -4.75. The number of benzene rings is 3. The van der Waals surface area contributed by atoms with Gasteiger partial charge in [0.15, 0.2) is 0 Å². The van der Waals surface area contributed by atoms with Crippen LogP contribution in [0.1, 0.15) is 30.0 Å². The number of halogens is 5. The second-order valence-corrected chi connectivity index (χ2v) is 6.89. The molecular weight excluding hydrogens is 401 g/mol. The highest BCUT2D eigenvalue weighted by atomic mass is 19.4. The molecule has 4 rings (SSSR count). The highest BCUT2D eigenvalue weighted by molar-refractivity contribution is 6.02. The number of ether oxygens (including phenoxy) is 1. The molecule has 3 aromatic carbocycles. The molecule has 3 aromatic rings. The highest BCUT2D eigenvalue weighted by Crippen LogP contribution is 2.38. The first-order chi connectivity index (χ1) is 14.3. The molecule has 0 aromatic heterocycles. The van der Waals surface area contributed by atoms with Crippen LogP contribution in [-0.4, -0.2) is 12.1 Å². The lowest BCUT2D eigenvalue weighted by atomic mass is 9.93. The fourth-order valence-corrected chi connectivity index (χ4v) is 3.67. The number of hydrogen-bond donors (Lipinski definition) is 0. The van der Waals surface area contributed by atoms with Gasteiger partial charge in [-0.1, -0.05) is 42.5 Å². The van der Waals surface area contributed by atoms with Crippen molar-refractivity contribution in [2.75, 3.05) is 0 Å². The molecule has 1 aliphatic heterocycles. The van der Waals surface area contributed by atoms with Crippen molar-refractivity contribution in [2.45, 2.75) is 25.2 Å². The Morgan fingerprint density at radius 3 is 2.17 bits per heavy atom. The number of rotatable bonds is 4. The minimum absolute atomic E-state index is 0.105. The summed E-state index contributed by atoms with van der Waals surface area (Å²) in [5.74, 6) is -1.61. The lowest BCUT2D eigenvalue weighted by molar-refractivity contribution is -0.274. The molecule has 0 saturated heterocycles. The zero-order valence-electron chi connectivity index (χ0n) is 15.6. The van der Waals surface area contributed by atoms with Crippen molar-refractivity contribution < 1.29 is 26.7 Å². The molecular formula is C23H16F5NO. The first-order valence-electron chi connectivity index (χ1n) is 9.28. The van der Waals surface area contributed by atoms with Crippen molar-refractivity contribution >= 4 is 5.71 Å². The average Bonchev–Trinajstić information content (AvgIpc) is 3.17. The Labute approximate surface area is 169 Å². The van der Waals surface area contributed by atoms with Crippen molar-refractivity contribution in [3.63, 3.8) is 0 Å².